The van der Waals surface area contributed by atoms with Crippen molar-refractivity contribution in [3.63, 3.8) is 0 Å². The summed E-state index contributed by atoms with van der Waals surface area (Å²) in [5.41, 5.74) is 0. The lowest BCUT2D eigenvalue weighted by atomic mass is 9.92. The normalized spacial score (nSPS) is 25.7. The molecule has 4 atom stereocenters. The van der Waals surface area contributed by atoms with Gasteiger partial charge < -0.3 is 28.4 Å². The molecule has 0 aliphatic carbocycles. The Bertz CT molecular complexity index is 414. The van der Waals surface area contributed by atoms with Crippen molar-refractivity contribution in [1.82, 2.24) is 0 Å². The lowest BCUT2D eigenvalue weighted by molar-refractivity contribution is -0.271. The molecule has 26 heavy (non-hydrogen) atoms. The van der Waals surface area contributed by atoms with Crippen molar-refractivity contribution in [2.24, 2.45) is 5.92 Å². The molecule has 8 nitrogen and oxygen atoms in total. The first-order valence-electron chi connectivity index (χ1n) is 9.29. The van der Waals surface area contributed by atoms with Gasteiger partial charge in [0.15, 0.2) is 13.1 Å². The first-order chi connectivity index (χ1) is 12.5. The third-order valence-corrected chi connectivity index (χ3v) is 4.06. The molecule has 1 saturated heterocycles. The van der Waals surface area contributed by atoms with Crippen molar-refractivity contribution in [1.29, 1.82) is 0 Å². The number of esters is 2. The van der Waals surface area contributed by atoms with E-state index in [9.17, 15) is 9.59 Å². The number of ether oxygens (including phenoxy) is 6. The van der Waals surface area contributed by atoms with E-state index >= 15 is 0 Å². The summed E-state index contributed by atoms with van der Waals surface area (Å²) in [5.74, 6) is -0.670. The van der Waals surface area contributed by atoms with Crippen molar-refractivity contribution in [3.05, 3.63) is 0 Å². The molecule has 0 bridgehead atoms. The smallest absolute Gasteiger partial charge is 0.307 e. The van der Waals surface area contributed by atoms with Gasteiger partial charge in [-0.15, -0.1) is 0 Å². The highest BCUT2D eigenvalue weighted by molar-refractivity contribution is 5.69. The van der Waals surface area contributed by atoms with Gasteiger partial charge >= 0.3 is 11.9 Å². The van der Waals surface area contributed by atoms with Gasteiger partial charge in [0.25, 0.3) is 0 Å². The minimum atomic E-state index is -0.551. The molecule has 1 heterocycles. The number of carbonyl (C=O) groups is 2. The molecule has 0 radical (unpaired) electrons. The minimum absolute atomic E-state index is 0.0798. The van der Waals surface area contributed by atoms with Crippen LogP contribution in [0.1, 0.15) is 53.4 Å². The van der Waals surface area contributed by atoms with Crippen molar-refractivity contribution in [2.45, 2.75) is 71.9 Å². The van der Waals surface area contributed by atoms with Crippen LogP contribution < -0.4 is 0 Å². The number of rotatable bonds is 12. The zero-order valence-corrected chi connectivity index (χ0v) is 16.2. The first kappa shape index (κ1) is 22.8. The highest BCUT2D eigenvalue weighted by Crippen LogP contribution is 2.29. The van der Waals surface area contributed by atoms with Gasteiger partial charge in [-0.3, -0.25) is 9.59 Å². The van der Waals surface area contributed by atoms with Gasteiger partial charge in [0.05, 0.1) is 12.7 Å². The SMILES string of the molecule is CCCOCOC1C[C@@H](OC(=O)CC)[C@H](C)[C@@H](COCOC(=O)CC)O1. The van der Waals surface area contributed by atoms with Gasteiger partial charge in [-0.05, 0) is 6.42 Å². The highest BCUT2D eigenvalue weighted by Gasteiger charge is 2.38. The monoisotopic (exact) mass is 376 g/mol. The zero-order valence-electron chi connectivity index (χ0n) is 16.2. The molecule has 0 aromatic heterocycles. The Morgan fingerprint density at radius 1 is 1.04 bits per heavy atom. The minimum Gasteiger partial charge on any atom is -0.462 e. The highest BCUT2D eigenvalue weighted by atomic mass is 16.8. The summed E-state index contributed by atoms with van der Waals surface area (Å²) in [7, 11) is 0. The second kappa shape index (κ2) is 13.0. The van der Waals surface area contributed by atoms with E-state index < -0.39 is 6.29 Å². The maximum atomic E-state index is 11.7. The van der Waals surface area contributed by atoms with Crippen LogP contribution in [0.4, 0.5) is 0 Å². The Hall–Kier alpha value is -1.22. The standard InChI is InChI=1S/C18H32O8/c1-5-8-21-11-24-18-9-14(25-17(20)7-3)13(4)15(26-18)10-22-12-23-16(19)6-2/h13-15,18H,5-12H2,1-4H3/t13-,14+,15+,18?/m0/s1. The van der Waals surface area contributed by atoms with Crippen molar-refractivity contribution in [2.75, 3.05) is 26.8 Å². The van der Waals surface area contributed by atoms with Crippen LogP contribution in [-0.2, 0) is 38.0 Å². The third-order valence-electron chi connectivity index (χ3n) is 4.06. The van der Waals surface area contributed by atoms with E-state index in [-0.39, 0.29) is 50.3 Å². The molecule has 0 amide bonds. The van der Waals surface area contributed by atoms with Gasteiger partial charge in [-0.25, -0.2) is 0 Å². The van der Waals surface area contributed by atoms with Crippen LogP contribution >= 0.6 is 0 Å². The Morgan fingerprint density at radius 2 is 1.77 bits per heavy atom. The van der Waals surface area contributed by atoms with Gasteiger partial charge in [-0.2, -0.15) is 0 Å². The molecule has 1 rings (SSSR count). The van der Waals surface area contributed by atoms with Crippen molar-refractivity contribution >= 4 is 11.9 Å². The van der Waals surface area contributed by atoms with Crippen LogP contribution in [-0.4, -0.2) is 57.2 Å². The number of hydrogen-bond donors (Lipinski definition) is 0. The topological polar surface area (TPSA) is 89.5 Å². The molecule has 152 valence electrons. The average molecular weight is 376 g/mol. The molecule has 1 fully saturated rings. The Kier molecular flexibility index (Phi) is 11.4. The molecule has 0 saturated carbocycles. The van der Waals surface area contributed by atoms with Crippen LogP contribution in [0.25, 0.3) is 0 Å². The van der Waals surface area contributed by atoms with Crippen LogP contribution in [0.15, 0.2) is 0 Å². The molecule has 0 N–H and O–H groups in total. The molecule has 1 aliphatic heterocycles. The quantitative estimate of drug-likeness (QED) is 0.291. The largest absolute Gasteiger partial charge is 0.462 e. The first-order valence-corrected chi connectivity index (χ1v) is 9.29. The molecule has 0 aromatic carbocycles. The van der Waals surface area contributed by atoms with E-state index in [1.165, 1.54) is 0 Å². The van der Waals surface area contributed by atoms with Crippen molar-refractivity contribution in [3.8, 4) is 0 Å². The average Bonchev–Trinajstić information content (AvgIpc) is 2.64. The fraction of sp³-hybridized carbons (Fsp3) is 0.889. The van der Waals surface area contributed by atoms with E-state index in [4.69, 9.17) is 28.4 Å². The fourth-order valence-corrected chi connectivity index (χ4v) is 2.43. The van der Waals surface area contributed by atoms with E-state index in [1.54, 1.807) is 13.8 Å². The third kappa shape index (κ3) is 8.44. The van der Waals surface area contributed by atoms with E-state index in [2.05, 4.69) is 0 Å². The van der Waals surface area contributed by atoms with Gasteiger partial charge in [0.2, 0.25) is 0 Å². The molecule has 1 unspecified atom stereocenters. The second-order valence-electron chi connectivity index (χ2n) is 6.13. The molecule has 8 heteroatoms. The zero-order chi connectivity index (χ0) is 19.4. The van der Waals surface area contributed by atoms with Crippen LogP contribution in [0.2, 0.25) is 0 Å². The Morgan fingerprint density at radius 3 is 2.42 bits per heavy atom. The van der Waals surface area contributed by atoms with E-state index in [1.807, 2.05) is 13.8 Å². The summed E-state index contributed by atoms with van der Waals surface area (Å²) >= 11 is 0. The van der Waals surface area contributed by atoms with Crippen molar-refractivity contribution < 1.29 is 38.0 Å². The lowest BCUT2D eigenvalue weighted by Gasteiger charge is -2.39. The van der Waals surface area contributed by atoms with Crippen LogP contribution in [0.3, 0.4) is 0 Å². The molecular weight excluding hydrogens is 344 g/mol. The molecule has 1 aliphatic rings. The van der Waals surface area contributed by atoms with E-state index in [0.29, 0.717) is 25.9 Å². The Balaban J connectivity index is 2.54. The molecule has 0 aromatic rings. The maximum absolute atomic E-state index is 11.7. The predicted molar refractivity (Wildman–Crippen MR) is 92.0 cm³/mol. The van der Waals surface area contributed by atoms with Gasteiger partial charge in [-0.1, -0.05) is 27.7 Å². The summed E-state index contributed by atoms with van der Waals surface area (Å²) in [4.78, 5) is 22.8. The predicted octanol–water partition coefficient (Wildman–Crippen LogP) is 2.39. The Labute approximate surface area is 155 Å². The molecular formula is C18H32O8. The van der Waals surface area contributed by atoms with Crippen LogP contribution in [0.5, 0.6) is 0 Å². The van der Waals surface area contributed by atoms with Gasteiger partial charge in [0.1, 0.15) is 12.9 Å². The summed E-state index contributed by atoms with van der Waals surface area (Å²) in [5, 5.41) is 0. The maximum Gasteiger partial charge on any atom is 0.307 e. The fourth-order valence-electron chi connectivity index (χ4n) is 2.43. The summed E-state index contributed by atoms with van der Waals surface area (Å²) in [6.07, 6.45) is 0.698. The number of carbonyl (C=O) groups excluding carboxylic acids is 2. The number of hydrogen-bond acceptors (Lipinski definition) is 8. The van der Waals surface area contributed by atoms with E-state index in [0.717, 1.165) is 6.42 Å². The summed E-state index contributed by atoms with van der Waals surface area (Å²) in [6, 6.07) is 0. The molecule has 0 spiro atoms. The van der Waals surface area contributed by atoms with Crippen LogP contribution in [0, 0.1) is 5.92 Å². The summed E-state index contributed by atoms with van der Waals surface area (Å²) in [6.45, 7) is 8.19. The second-order valence-corrected chi connectivity index (χ2v) is 6.13. The summed E-state index contributed by atoms with van der Waals surface area (Å²) < 4.78 is 32.6. The van der Waals surface area contributed by atoms with Gasteiger partial charge in [0, 0.05) is 31.8 Å². The lowest BCUT2D eigenvalue weighted by Crippen LogP contribution is -2.47.